The zero-order chi connectivity index (χ0) is 9.97. The number of H-pyrrole nitrogens is 1. The number of nitrogens with zero attached hydrogens (tertiary/aromatic N) is 1. The number of aromatic amines is 1. The van der Waals surface area contributed by atoms with Gasteiger partial charge < -0.3 is 0 Å². The Bertz CT molecular complexity index is 451. The van der Waals surface area contributed by atoms with Gasteiger partial charge in [0.05, 0.1) is 0 Å². The Morgan fingerprint density at radius 2 is 2.21 bits per heavy atom. The van der Waals surface area contributed by atoms with Gasteiger partial charge in [0.2, 0.25) is 5.78 Å². The molecule has 0 amide bonds. The minimum absolute atomic E-state index is 0.0268. The van der Waals surface area contributed by atoms with Crippen LogP contribution in [0.4, 0.5) is 0 Å². The van der Waals surface area contributed by atoms with E-state index in [9.17, 15) is 4.79 Å². The Labute approximate surface area is 94.7 Å². The van der Waals surface area contributed by atoms with E-state index in [1.165, 1.54) is 0 Å². The van der Waals surface area contributed by atoms with E-state index in [0.717, 1.165) is 3.57 Å². The van der Waals surface area contributed by atoms with E-state index in [4.69, 9.17) is 0 Å². The first-order valence-electron chi connectivity index (χ1n) is 4.07. The second-order valence-electron chi connectivity index (χ2n) is 2.81. The van der Waals surface area contributed by atoms with Crippen molar-refractivity contribution in [3.05, 3.63) is 51.4 Å². The first-order valence-corrected chi connectivity index (χ1v) is 5.15. The molecule has 0 unspecified atom stereocenters. The molecule has 1 aromatic heterocycles. The maximum absolute atomic E-state index is 11.8. The molecule has 0 spiro atoms. The van der Waals surface area contributed by atoms with Crippen LogP contribution in [0.25, 0.3) is 0 Å². The fraction of sp³-hybridized carbons (Fsp3) is 0. The monoisotopic (exact) mass is 298 g/mol. The molecule has 2 rings (SSSR count). The Morgan fingerprint density at radius 3 is 2.86 bits per heavy atom. The minimum Gasteiger partial charge on any atom is -0.287 e. The Balaban J connectivity index is 2.37. The summed E-state index contributed by atoms with van der Waals surface area (Å²) in [6.07, 6.45) is 1.57. The smallest absolute Gasteiger partial charge is 0.210 e. The molecule has 0 bridgehead atoms. The molecule has 0 radical (unpaired) electrons. The number of carbonyl (C=O) groups excluding carboxylic acids is 1. The van der Waals surface area contributed by atoms with Crippen LogP contribution < -0.4 is 0 Å². The Hall–Kier alpha value is -1.17. The fourth-order valence-electron chi connectivity index (χ4n) is 1.17. The molecular weight excluding hydrogens is 291 g/mol. The van der Waals surface area contributed by atoms with E-state index in [1.54, 1.807) is 18.3 Å². The van der Waals surface area contributed by atoms with Crippen molar-refractivity contribution >= 4 is 28.4 Å². The number of rotatable bonds is 2. The SMILES string of the molecule is O=C(c1cccc(I)c1)c1ccn[nH]1. The van der Waals surface area contributed by atoms with E-state index in [1.807, 2.05) is 18.2 Å². The van der Waals surface area contributed by atoms with Crippen molar-refractivity contribution in [3.8, 4) is 0 Å². The van der Waals surface area contributed by atoms with Crippen LogP contribution in [0.2, 0.25) is 0 Å². The molecular formula is C10H7IN2O. The van der Waals surface area contributed by atoms with Crippen molar-refractivity contribution < 1.29 is 4.79 Å². The molecule has 0 aliphatic carbocycles. The number of carbonyl (C=O) groups is 1. The maximum Gasteiger partial charge on any atom is 0.210 e. The van der Waals surface area contributed by atoms with Crippen molar-refractivity contribution in [2.45, 2.75) is 0 Å². The lowest BCUT2D eigenvalue weighted by atomic mass is 10.1. The zero-order valence-electron chi connectivity index (χ0n) is 7.20. The van der Waals surface area contributed by atoms with Crippen molar-refractivity contribution in [2.75, 3.05) is 0 Å². The van der Waals surface area contributed by atoms with Crippen LogP contribution in [0, 0.1) is 3.57 Å². The van der Waals surface area contributed by atoms with Crippen LogP contribution in [0.3, 0.4) is 0 Å². The second kappa shape index (κ2) is 3.91. The minimum atomic E-state index is -0.0268. The number of hydrogen-bond donors (Lipinski definition) is 1. The standard InChI is InChI=1S/C10H7IN2O/c11-8-3-1-2-7(6-8)10(14)9-4-5-12-13-9/h1-6H,(H,12,13). The summed E-state index contributed by atoms with van der Waals surface area (Å²) in [5.41, 5.74) is 1.20. The topological polar surface area (TPSA) is 45.8 Å². The average molecular weight is 298 g/mol. The lowest BCUT2D eigenvalue weighted by molar-refractivity contribution is 0.103. The molecule has 1 aromatic carbocycles. The molecule has 14 heavy (non-hydrogen) atoms. The number of hydrogen-bond acceptors (Lipinski definition) is 2. The molecule has 0 aliphatic heterocycles. The van der Waals surface area contributed by atoms with E-state index in [0.29, 0.717) is 11.3 Å². The zero-order valence-corrected chi connectivity index (χ0v) is 9.36. The molecule has 0 fully saturated rings. The Morgan fingerprint density at radius 1 is 1.36 bits per heavy atom. The van der Waals surface area contributed by atoms with Gasteiger partial charge in [0.25, 0.3) is 0 Å². The predicted molar refractivity (Wildman–Crippen MR) is 61.2 cm³/mol. The molecule has 0 saturated carbocycles. The second-order valence-corrected chi connectivity index (χ2v) is 4.06. The number of halogens is 1. The van der Waals surface area contributed by atoms with Crippen molar-refractivity contribution in [2.24, 2.45) is 0 Å². The third-order valence-electron chi connectivity index (χ3n) is 1.83. The summed E-state index contributed by atoms with van der Waals surface area (Å²) in [4.78, 5) is 11.8. The largest absolute Gasteiger partial charge is 0.287 e. The van der Waals surface area contributed by atoms with Crippen LogP contribution in [-0.2, 0) is 0 Å². The molecule has 70 valence electrons. The maximum atomic E-state index is 11.8. The highest BCUT2D eigenvalue weighted by atomic mass is 127. The van der Waals surface area contributed by atoms with Gasteiger partial charge in [-0.1, -0.05) is 12.1 Å². The van der Waals surface area contributed by atoms with Crippen molar-refractivity contribution in [1.82, 2.24) is 10.2 Å². The van der Waals surface area contributed by atoms with Crippen molar-refractivity contribution in [3.63, 3.8) is 0 Å². The average Bonchev–Trinajstić information content (AvgIpc) is 2.69. The summed E-state index contributed by atoms with van der Waals surface area (Å²) in [7, 11) is 0. The van der Waals surface area contributed by atoms with Gasteiger partial charge in [0.1, 0.15) is 5.69 Å². The molecule has 3 nitrogen and oxygen atoms in total. The van der Waals surface area contributed by atoms with Gasteiger partial charge in [0.15, 0.2) is 0 Å². The number of benzene rings is 1. The number of nitrogens with one attached hydrogen (secondary N) is 1. The molecule has 0 aliphatic rings. The van der Waals surface area contributed by atoms with Gasteiger partial charge in [-0.15, -0.1) is 0 Å². The normalized spacial score (nSPS) is 10.1. The quantitative estimate of drug-likeness (QED) is 0.683. The highest BCUT2D eigenvalue weighted by Gasteiger charge is 2.09. The summed E-state index contributed by atoms with van der Waals surface area (Å²) in [6.45, 7) is 0. The molecule has 1 heterocycles. The van der Waals surface area contributed by atoms with Crippen LogP contribution in [0.5, 0.6) is 0 Å². The molecule has 0 saturated heterocycles. The molecule has 4 heteroatoms. The third-order valence-corrected chi connectivity index (χ3v) is 2.50. The summed E-state index contributed by atoms with van der Waals surface area (Å²) >= 11 is 2.18. The highest BCUT2D eigenvalue weighted by molar-refractivity contribution is 14.1. The van der Waals surface area contributed by atoms with Gasteiger partial charge in [-0.2, -0.15) is 5.10 Å². The molecule has 1 N–H and O–H groups in total. The molecule has 2 aromatic rings. The lowest BCUT2D eigenvalue weighted by Crippen LogP contribution is -2.01. The number of ketones is 1. The van der Waals surface area contributed by atoms with Gasteiger partial charge in [-0.25, -0.2) is 0 Å². The highest BCUT2D eigenvalue weighted by Crippen LogP contribution is 2.11. The molecule has 0 atom stereocenters. The van der Waals surface area contributed by atoms with E-state index < -0.39 is 0 Å². The van der Waals surface area contributed by atoms with Gasteiger partial charge in [-0.3, -0.25) is 9.89 Å². The summed E-state index contributed by atoms with van der Waals surface area (Å²) in [5, 5.41) is 6.40. The third kappa shape index (κ3) is 1.84. The van der Waals surface area contributed by atoms with Crippen LogP contribution >= 0.6 is 22.6 Å². The number of aromatic nitrogens is 2. The van der Waals surface area contributed by atoms with Crippen molar-refractivity contribution in [1.29, 1.82) is 0 Å². The lowest BCUT2D eigenvalue weighted by Gasteiger charge is -1.97. The van der Waals surface area contributed by atoms with Gasteiger partial charge >= 0.3 is 0 Å². The first-order chi connectivity index (χ1) is 6.77. The van der Waals surface area contributed by atoms with Crippen LogP contribution in [0.15, 0.2) is 36.5 Å². The van der Waals surface area contributed by atoms with Gasteiger partial charge in [-0.05, 0) is 40.8 Å². The fourth-order valence-corrected chi connectivity index (χ4v) is 1.71. The Kier molecular flexibility index (Phi) is 2.62. The summed E-state index contributed by atoms with van der Waals surface area (Å²) in [6, 6.07) is 9.13. The van der Waals surface area contributed by atoms with Gasteiger partial charge in [0, 0.05) is 15.3 Å². The van der Waals surface area contributed by atoms with E-state index in [-0.39, 0.29) is 5.78 Å². The first kappa shape index (κ1) is 9.39. The summed E-state index contributed by atoms with van der Waals surface area (Å²) < 4.78 is 1.05. The predicted octanol–water partition coefficient (Wildman–Crippen LogP) is 2.25. The van der Waals surface area contributed by atoms with Crippen LogP contribution in [-0.4, -0.2) is 16.0 Å². The van der Waals surface area contributed by atoms with E-state index >= 15 is 0 Å². The summed E-state index contributed by atoms with van der Waals surface area (Å²) in [5.74, 6) is -0.0268. The van der Waals surface area contributed by atoms with E-state index in [2.05, 4.69) is 32.8 Å². The van der Waals surface area contributed by atoms with Crippen LogP contribution in [0.1, 0.15) is 16.1 Å².